The van der Waals surface area contributed by atoms with E-state index in [1.165, 1.54) is 0 Å². The predicted molar refractivity (Wildman–Crippen MR) is 76.4 cm³/mol. The number of halogens is 2. The van der Waals surface area contributed by atoms with Crippen LogP contribution in [0.15, 0.2) is 42.5 Å². The van der Waals surface area contributed by atoms with Crippen LogP contribution in [0.1, 0.15) is 15.9 Å². The van der Waals surface area contributed by atoms with Gasteiger partial charge in [0.1, 0.15) is 6.61 Å². The number of nitrogen functional groups attached to an aromatic ring is 1. The first-order valence-electron chi connectivity index (χ1n) is 5.53. The Labute approximate surface area is 120 Å². The molecule has 0 saturated heterocycles. The monoisotopic (exact) mass is 295 g/mol. The van der Waals surface area contributed by atoms with Crippen molar-refractivity contribution in [2.75, 3.05) is 5.73 Å². The van der Waals surface area contributed by atoms with Gasteiger partial charge in [0.25, 0.3) is 0 Å². The van der Waals surface area contributed by atoms with Gasteiger partial charge >= 0.3 is 5.97 Å². The van der Waals surface area contributed by atoms with E-state index in [1.807, 2.05) is 0 Å². The fraction of sp³-hybridized carbons (Fsp3) is 0.0714. The summed E-state index contributed by atoms with van der Waals surface area (Å²) < 4.78 is 5.17. The van der Waals surface area contributed by atoms with Crippen LogP contribution in [-0.2, 0) is 11.3 Å². The Balaban J connectivity index is 2.02. The van der Waals surface area contributed by atoms with Gasteiger partial charge in [0.15, 0.2) is 0 Å². The second kappa shape index (κ2) is 5.95. The number of esters is 1. The Morgan fingerprint density at radius 2 is 1.89 bits per heavy atom. The molecule has 2 aromatic carbocycles. The summed E-state index contributed by atoms with van der Waals surface area (Å²) in [6.45, 7) is 0.129. The second-order valence-electron chi connectivity index (χ2n) is 3.95. The number of carbonyl (C=O) groups is 1. The Morgan fingerprint density at radius 1 is 1.11 bits per heavy atom. The van der Waals surface area contributed by atoms with Crippen molar-refractivity contribution in [3.63, 3.8) is 0 Å². The molecule has 0 radical (unpaired) electrons. The topological polar surface area (TPSA) is 52.3 Å². The zero-order chi connectivity index (χ0) is 13.8. The highest BCUT2D eigenvalue weighted by molar-refractivity contribution is 6.42. The number of benzene rings is 2. The standard InChI is InChI=1S/C14H11Cl2NO2/c15-12-5-4-9(6-13(12)16)8-19-14(18)10-2-1-3-11(17)7-10/h1-7H,8,17H2. The summed E-state index contributed by atoms with van der Waals surface area (Å²) >= 11 is 11.7. The molecule has 98 valence electrons. The van der Waals surface area contributed by atoms with Crippen molar-refractivity contribution in [2.45, 2.75) is 6.61 Å². The molecule has 0 heterocycles. The van der Waals surface area contributed by atoms with Crippen LogP contribution < -0.4 is 5.73 Å². The zero-order valence-electron chi connectivity index (χ0n) is 9.90. The molecular weight excluding hydrogens is 285 g/mol. The molecule has 0 saturated carbocycles. The summed E-state index contributed by atoms with van der Waals surface area (Å²) in [5.74, 6) is -0.432. The lowest BCUT2D eigenvalue weighted by atomic mass is 10.2. The Bertz CT molecular complexity index is 614. The van der Waals surface area contributed by atoms with Crippen molar-refractivity contribution >= 4 is 34.9 Å². The summed E-state index contributed by atoms with van der Waals surface area (Å²) in [7, 11) is 0. The molecule has 0 atom stereocenters. The minimum absolute atomic E-state index is 0.129. The first-order chi connectivity index (χ1) is 9.06. The fourth-order valence-electron chi connectivity index (χ4n) is 1.53. The summed E-state index contributed by atoms with van der Waals surface area (Å²) in [6, 6.07) is 11.7. The third-order valence-corrected chi connectivity index (χ3v) is 3.22. The normalized spacial score (nSPS) is 10.2. The molecule has 3 nitrogen and oxygen atoms in total. The number of ether oxygens (including phenoxy) is 1. The largest absolute Gasteiger partial charge is 0.457 e. The van der Waals surface area contributed by atoms with Crippen molar-refractivity contribution in [1.29, 1.82) is 0 Å². The van der Waals surface area contributed by atoms with Crippen LogP contribution in [0.3, 0.4) is 0 Å². The molecule has 0 amide bonds. The van der Waals surface area contributed by atoms with Crippen LogP contribution in [0.4, 0.5) is 5.69 Å². The van der Waals surface area contributed by atoms with Crippen LogP contribution in [0.25, 0.3) is 0 Å². The quantitative estimate of drug-likeness (QED) is 0.689. The molecule has 2 rings (SSSR count). The highest BCUT2D eigenvalue weighted by atomic mass is 35.5. The van der Waals surface area contributed by atoms with Gasteiger partial charge in [-0.2, -0.15) is 0 Å². The maximum absolute atomic E-state index is 11.8. The minimum atomic E-state index is -0.432. The molecule has 5 heteroatoms. The van der Waals surface area contributed by atoms with E-state index in [0.717, 1.165) is 5.56 Å². The van der Waals surface area contributed by atoms with Gasteiger partial charge in [-0.15, -0.1) is 0 Å². The van der Waals surface area contributed by atoms with Gasteiger partial charge in [0.05, 0.1) is 15.6 Å². The van der Waals surface area contributed by atoms with E-state index in [0.29, 0.717) is 21.3 Å². The first-order valence-corrected chi connectivity index (χ1v) is 6.28. The Morgan fingerprint density at radius 3 is 2.58 bits per heavy atom. The van der Waals surface area contributed by atoms with Crippen molar-refractivity contribution in [2.24, 2.45) is 0 Å². The summed E-state index contributed by atoms with van der Waals surface area (Å²) in [4.78, 5) is 11.8. The molecule has 0 aliphatic heterocycles. The molecule has 0 spiro atoms. The summed E-state index contributed by atoms with van der Waals surface area (Å²) in [5.41, 5.74) is 7.30. The molecule has 2 aromatic rings. The zero-order valence-corrected chi connectivity index (χ0v) is 11.4. The number of nitrogens with two attached hydrogens (primary N) is 1. The number of anilines is 1. The SMILES string of the molecule is Nc1cccc(C(=O)OCc2ccc(Cl)c(Cl)c2)c1. The molecule has 19 heavy (non-hydrogen) atoms. The van der Waals surface area contributed by atoms with Crippen LogP contribution in [0.5, 0.6) is 0 Å². The number of carbonyl (C=O) groups excluding carboxylic acids is 1. The van der Waals surface area contributed by atoms with E-state index in [-0.39, 0.29) is 6.61 Å². The molecule has 0 aliphatic carbocycles. The van der Waals surface area contributed by atoms with E-state index < -0.39 is 5.97 Å². The van der Waals surface area contributed by atoms with Crippen molar-refractivity contribution in [1.82, 2.24) is 0 Å². The van der Waals surface area contributed by atoms with Crippen molar-refractivity contribution < 1.29 is 9.53 Å². The van der Waals surface area contributed by atoms with Crippen molar-refractivity contribution in [3.8, 4) is 0 Å². The first kappa shape index (κ1) is 13.7. The summed E-state index contributed by atoms with van der Waals surface area (Å²) in [6.07, 6.45) is 0. The van der Waals surface area contributed by atoms with Crippen LogP contribution in [0.2, 0.25) is 10.0 Å². The maximum Gasteiger partial charge on any atom is 0.338 e. The molecule has 0 aromatic heterocycles. The lowest BCUT2D eigenvalue weighted by molar-refractivity contribution is 0.0473. The Kier molecular flexibility index (Phi) is 4.30. The smallest absolute Gasteiger partial charge is 0.338 e. The van der Waals surface area contributed by atoms with Gasteiger partial charge in [-0.05, 0) is 35.9 Å². The average molecular weight is 296 g/mol. The van der Waals surface area contributed by atoms with Crippen molar-refractivity contribution in [3.05, 3.63) is 63.6 Å². The van der Waals surface area contributed by atoms with E-state index >= 15 is 0 Å². The minimum Gasteiger partial charge on any atom is -0.457 e. The highest BCUT2D eigenvalue weighted by Crippen LogP contribution is 2.23. The maximum atomic E-state index is 11.8. The van der Waals surface area contributed by atoms with Gasteiger partial charge in [-0.1, -0.05) is 35.3 Å². The second-order valence-corrected chi connectivity index (χ2v) is 4.76. The van der Waals surface area contributed by atoms with Crippen LogP contribution >= 0.6 is 23.2 Å². The third-order valence-electron chi connectivity index (χ3n) is 2.48. The molecule has 0 unspecified atom stereocenters. The number of hydrogen-bond donors (Lipinski definition) is 1. The number of hydrogen-bond acceptors (Lipinski definition) is 3. The molecular formula is C14H11Cl2NO2. The highest BCUT2D eigenvalue weighted by Gasteiger charge is 2.08. The van der Waals surface area contributed by atoms with E-state index in [1.54, 1.807) is 42.5 Å². The van der Waals surface area contributed by atoms with Gasteiger partial charge in [0, 0.05) is 5.69 Å². The van der Waals surface area contributed by atoms with E-state index in [4.69, 9.17) is 33.7 Å². The number of rotatable bonds is 3. The molecule has 0 fully saturated rings. The summed E-state index contributed by atoms with van der Waals surface area (Å²) in [5, 5.41) is 0.895. The van der Waals surface area contributed by atoms with E-state index in [9.17, 15) is 4.79 Å². The van der Waals surface area contributed by atoms with Gasteiger partial charge in [-0.25, -0.2) is 4.79 Å². The lowest BCUT2D eigenvalue weighted by Crippen LogP contribution is -2.05. The molecule has 0 aliphatic rings. The van der Waals surface area contributed by atoms with E-state index in [2.05, 4.69) is 0 Å². The van der Waals surface area contributed by atoms with Gasteiger partial charge in [-0.3, -0.25) is 0 Å². The Hall–Kier alpha value is -1.71. The van der Waals surface area contributed by atoms with Gasteiger partial charge < -0.3 is 10.5 Å². The molecule has 0 bridgehead atoms. The van der Waals surface area contributed by atoms with Gasteiger partial charge in [0.2, 0.25) is 0 Å². The average Bonchev–Trinajstić information content (AvgIpc) is 2.40. The van der Waals surface area contributed by atoms with Crippen LogP contribution in [-0.4, -0.2) is 5.97 Å². The van der Waals surface area contributed by atoms with Crippen LogP contribution in [0, 0.1) is 0 Å². The lowest BCUT2D eigenvalue weighted by Gasteiger charge is -2.06. The molecule has 2 N–H and O–H groups in total. The fourth-order valence-corrected chi connectivity index (χ4v) is 1.85. The third kappa shape index (κ3) is 3.63. The predicted octanol–water partition coefficient (Wildman–Crippen LogP) is 3.93.